The highest BCUT2D eigenvalue weighted by molar-refractivity contribution is 5.48. The first-order valence-corrected chi connectivity index (χ1v) is 5.91. The van der Waals surface area contributed by atoms with E-state index in [0.717, 1.165) is 6.61 Å². The fourth-order valence-corrected chi connectivity index (χ4v) is 1.48. The number of hydrogen-bond donors (Lipinski definition) is 2. The van der Waals surface area contributed by atoms with E-state index in [4.69, 9.17) is 4.74 Å². The molecular formula is C11H17N5O2. The van der Waals surface area contributed by atoms with E-state index < -0.39 is 0 Å². The van der Waals surface area contributed by atoms with Crippen molar-refractivity contribution in [3.8, 4) is 0 Å². The van der Waals surface area contributed by atoms with E-state index in [-0.39, 0.29) is 5.69 Å². The third-order valence-corrected chi connectivity index (χ3v) is 2.31. The summed E-state index contributed by atoms with van der Waals surface area (Å²) in [5.41, 5.74) is 0.255. The van der Waals surface area contributed by atoms with Crippen LogP contribution in [-0.4, -0.2) is 39.3 Å². The minimum Gasteiger partial charge on any atom is -0.379 e. The van der Waals surface area contributed by atoms with E-state index in [1.165, 1.54) is 10.7 Å². The van der Waals surface area contributed by atoms with E-state index in [1.807, 2.05) is 0 Å². The van der Waals surface area contributed by atoms with Gasteiger partial charge >= 0.3 is 5.69 Å². The van der Waals surface area contributed by atoms with Gasteiger partial charge in [0, 0.05) is 19.2 Å². The molecule has 0 aromatic carbocycles. The average molecular weight is 251 g/mol. The number of nitrogens with zero attached hydrogens (tertiary/aromatic N) is 3. The van der Waals surface area contributed by atoms with Crippen molar-refractivity contribution in [2.75, 3.05) is 25.1 Å². The Morgan fingerprint density at radius 1 is 1.56 bits per heavy atom. The lowest BCUT2D eigenvalue weighted by Gasteiger charge is -2.08. The lowest BCUT2D eigenvalue weighted by molar-refractivity contribution is 0.118. The zero-order chi connectivity index (χ0) is 13.0. The topological polar surface area (TPSA) is 84.3 Å². The SMILES string of the molecule is CC(C)COCCNc1cc2n[nH]c(=O)n2cn1. The Labute approximate surface area is 104 Å². The predicted octanol–water partition coefficient (Wildman–Crippen LogP) is 0.502. The molecule has 0 radical (unpaired) electrons. The van der Waals surface area contributed by atoms with Gasteiger partial charge in [0.2, 0.25) is 0 Å². The lowest BCUT2D eigenvalue weighted by atomic mass is 10.2. The van der Waals surface area contributed by atoms with Crippen LogP contribution in [0.2, 0.25) is 0 Å². The lowest BCUT2D eigenvalue weighted by Crippen LogP contribution is -2.14. The highest BCUT2D eigenvalue weighted by atomic mass is 16.5. The zero-order valence-electron chi connectivity index (χ0n) is 10.5. The number of aromatic amines is 1. The Bertz CT molecular complexity index is 560. The third-order valence-electron chi connectivity index (χ3n) is 2.31. The molecule has 0 saturated carbocycles. The summed E-state index contributed by atoms with van der Waals surface area (Å²) in [6, 6.07) is 1.71. The molecular weight excluding hydrogens is 234 g/mol. The van der Waals surface area contributed by atoms with Crippen LogP contribution in [0.25, 0.3) is 5.65 Å². The molecule has 7 heteroatoms. The van der Waals surface area contributed by atoms with Crippen molar-refractivity contribution in [3.05, 3.63) is 22.9 Å². The summed E-state index contributed by atoms with van der Waals surface area (Å²) < 4.78 is 6.79. The van der Waals surface area contributed by atoms with Gasteiger partial charge in [-0.2, -0.15) is 5.10 Å². The number of ether oxygens (including phenoxy) is 1. The number of anilines is 1. The molecule has 0 spiro atoms. The summed E-state index contributed by atoms with van der Waals surface area (Å²) in [6.07, 6.45) is 1.44. The summed E-state index contributed by atoms with van der Waals surface area (Å²) in [5.74, 6) is 1.21. The smallest absolute Gasteiger partial charge is 0.348 e. The second kappa shape index (κ2) is 5.63. The molecule has 2 aromatic heterocycles. The molecule has 7 nitrogen and oxygen atoms in total. The van der Waals surface area contributed by atoms with Gasteiger partial charge in [-0.05, 0) is 5.92 Å². The Balaban J connectivity index is 1.86. The maximum Gasteiger partial charge on any atom is 0.348 e. The van der Waals surface area contributed by atoms with Crippen molar-refractivity contribution >= 4 is 11.5 Å². The summed E-state index contributed by atoms with van der Waals surface area (Å²) >= 11 is 0. The quantitative estimate of drug-likeness (QED) is 0.730. The number of H-pyrrole nitrogens is 1. The molecule has 0 bridgehead atoms. The van der Waals surface area contributed by atoms with Gasteiger partial charge in [0.25, 0.3) is 0 Å². The predicted molar refractivity (Wildman–Crippen MR) is 67.8 cm³/mol. The van der Waals surface area contributed by atoms with Crippen molar-refractivity contribution in [2.45, 2.75) is 13.8 Å². The van der Waals surface area contributed by atoms with Crippen molar-refractivity contribution in [1.82, 2.24) is 19.6 Å². The Morgan fingerprint density at radius 2 is 2.39 bits per heavy atom. The summed E-state index contributed by atoms with van der Waals surface area (Å²) in [6.45, 7) is 6.27. The molecule has 0 saturated heterocycles. The fourth-order valence-electron chi connectivity index (χ4n) is 1.48. The van der Waals surface area contributed by atoms with E-state index >= 15 is 0 Å². The van der Waals surface area contributed by atoms with Crippen LogP contribution in [-0.2, 0) is 4.74 Å². The molecule has 2 heterocycles. The maximum absolute atomic E-state index is 11.2. The van der Waals surface area contributed by atoms with Crippen LogP contribution in [0, 0.1) is 5.92 Å². The molecule has 0 atom stereocenters. The van der Waals surface area contributed by atoms with Crippen molar-refractivity contribution in [2.24, 2.45) is 5.92 Å². The molecule has 2 rings (SSSR count). The second-order valence-electron chi connectivity index (χ2n) is 4.43. The number of nitrogens with one attached hydrogen (secondary N) is 2. The normalized spacial score (nSPS) is 11.3. The van der Waals surface area contributed by atoms with Gasteiger partial charge in [0.05, 0.1) is 6.61 Å². The average Bonchev–Trinajstić information content (AvgIpc) is 2.70. The summed E-state index contributed by atoms with van der Waals surface area (Å²) in [5, 5.41) is 9.33. The first-order chi connectivity index (χ1) is 8.66. The monoisotopic (exact) mass is 251 g/mol. The van der Waals surface area contributed by atoms with Crippen LogP contribution in [0.15, 0.2) is 17.2 Å². The van der Waals surface area contributed by atoms with Gasteiger partial charge in [-0.25, -0.2) is 19.3 Å². The van der Waals surface area contributed by atoms with Gasteiger partial charge in [0.1, 0.15) is 12.1 Å². The molecule has 0 unspecified atom stereocenters. The van der Waals surface area contributed by atoms with Crippen LogP contribution in [0.5, 0.6) is 0 Å². The number of rotatable bonds is 6. The number of hydrogen-bond acceptors (Lipinski definition) is 5. The molecule has 0 aliphatic rings. The zero-order valence-corrected chi connectivity index (χ0v) is 10.5. The molecule has 98 valence electrons. The summed E-state index contributed by atoms with van der Waals surface area (Å²) in [4.78, 5) is 15.3. The van der Waals surface area contributed by atoms with Gasteiger partial charge in [-0.3, -0.25) is 0 Å². The highest BCUT2D eigenvalue weighted by Crippen LogP contribution is 2.03. The fraction of sp³-hybridized carbons (Fsp3) is 0.545. The van der Waals surface area contributed by atoms with E-state index in [2.05, 4.69) is 34.3 Å². The Morgan fingerprint density at radius 3 is 3.17 bits per heavy atom. The largest absolute Gasteiger partial charge is 0.379 e. The van der Waals surface area contributed by atoms with Crippen LogP contribution >= 0.6 is 0 Å². The minimum atomic E-state index is -0.288. The molecule has 18 heavy (non-hydrogen) atoms. The van der Waals surface area contributed by atoms with Crippen molar-refractivity contribution in [1.29, 1.82) is 0 Å². The summed E-state index contributed by atoms with van der Waals surface area (Å²) in [7, 11) is 0. The molecule has 0 fully saturated rings. The van der Waals surface area contributed by atoms with Gasteiger partial charge in [-0.1, -0.05) is 13.8 Å². The van der Waals surface area contributed by atoms with Gasteiger partial charge in [-0.15, -0.1) is 0 Å². The molecule has 0 aliphatic carbocycles. The Hall–Kier alpha value is -1.89. The first-order valence-electron chi connectivity index (χ1n) is 5.91. The first kappa shape index (κ1) is 12.6. The van der Waals surface area contributed by atoms with Crippen LogP contribution in [0.4, 0.5) is 5.82 Å². The molecule has 0 aliphatic heterocycles. The van der Waals surface area contributed by atoms with Gasteiger partial charge < -0.3 is 10.1 Å². The highest BCUT2D eigenvalue weighted by Gasteiger charge is 2.01. The van der Waals surface area contributed by atoms with E-state index in [9.17, 15) is 4.79 Å². The number of aromatic nitrogens is 4. The van der Waals surface area contributed by atoms with E-state index in [0.29, 0.717) is 30.5 Å². The van der Waals surface area contributed by atoms with Crippen LogP contribution in [0.1, 0.15) is 13.8 Å². The third kappa shape index (κ3) is 3.07. The molecule has 2 N–H and O–H groups in total. The molecule has 0 amide bonds. The van der Waals surface area contributed by atoms with Crippen molar-refractivity contribution < 1.29 is 4.74 Å². The minimum absolute atomic E-state index is 0.288. The van der Waals surface area contributed by atoms with Crippen molar-refractivity contribution in [3.63, 3.8) is 0 Å². The number of fused-ring (bicyclic) bond motifs is 1. The Kier molecular flexibility index (Phi) is 3.93. The standard InChI is InChI=1S/C11H17N5O2/c1-8(2)6-18-4-3-12-9-5-10-14-15-11(17)16(10)7-13-9/h5,7-8,12H,3-4,6H2,1-2H3,(H,15,17). The van der Waals surface area contributed by atoms with E-state index in [1.54, 1.807) is 6.07 Å². The van der Waals surface area contributed by atoms with Crippen LogP contribution in [0.3, 0.4) is 0 Å². The maximum atomic E-state index is 11.2. The van der Waals surface area contributed by atoms with Crippen LogP contribution < -0.4 is 11.0 Å². The second-order valence-corrected chi connectivity index (χ2v) is 4.43. The molecule has 2 aromatic rings. The van der Waals surface area contributed by atoms with Gasteiger partial charge in [0.15, 0.2) is 5.65 Å².